The quantitative estimate of drug-likeness (QED) is 0.512. The summed E-state index contributed by atoms with van der Waals surface area (Å²) in [5.41, 5.74) is 1.24. The molecule has 1 N–H and O–H groups in total. The molecule has 150 valence electrons. The van der Waals surface area contributed by atoms with Gasteiger partial charge in [-0.3, -0.25) is 4.79 Å². The molecule has 0 bridgehead atoms. The van der Waals surface area contributed by atoms with Crippen molar-refractivity contribution >= 4 is 5.78 Å². The molecule has 1 aliphatic rings. The van der Waals surface area contributed by atoms with Crippen molar-refractivity contribution in [3.05, 3.63) is 71.3 Å². The number of nitrogens with one attached hydrogen (secondary N) is 1. The van der Waals surface area contributed by atoms with Gasteiger partial charge in [-0.15, -0.1) is 0 Å². The van der Waals surface area contributed by atoms with Gasteiger partial charge < -0.3 is 10.1 Å². The molecule has 1 saturated carbocycles. The van der Waals surface area contributed by atoms with Crippen LogP contribution in [0.25, 0.3) is 0 Å². The first-order chi connectivity index (χ1) is 13.5. The van der Waals surface area contributed by atoms with Gasteiger partial charge in [-0.25, -0.2) is 8.78 Å². The average molecular weight is 387 g/mol. The zero-order chi connectivity index (χ0) is 20.0. The number of hydrogen-bond donors (Lipinski definition) is 1. The second kappa shape index (κ2) is 9.39. The Morgan fingerprint density at radius 2 is 1.61 bits per heavy atom. The van der Waals surface area contributed by atoms with Crippen molar-refractivity contribution in [3.8, 4) is 0 Å². The molecule has 0 unspecified atom stereocenters. The smallest absolute Gasteiger partial charge is 0.162 e. The highest BCUT2D eigenvalue weighted by Crippen LogP contribution is 2.40. The second-order valence-corrected chi connectivity index (χ2v) is 7.47. The molecule has 0 amide bonds. The largest absolute Gasteiger partial charge is 0.374 e. The summed E-state index contributed by atoms with van der Waals surface area (Å²) in [4.78, 5) is 12.1. The van der Waals surface area contributed by atoms with Gasteiger partial charge in [0.05, 0.1) is 5.60 Å². The van der Waals surface area contributed by atoms with Gasteiger partial charge in [-0.05, 0) is 80.6 Å². The summed E-state index contributed by atoms with van der Waals surface area (Å²) in [5, 5.41) is 3.53. The zero-order valence-corrected chi connectivity index (χ0v) is 16.2. The van der Waals surface area contributed by atoms with Crippen LogP contribution in [0.2, 0.25) is 0 Å². The molecule has 0 spiro atoms. The van der Waals surface area contributed by atoms with Gasteiger partial charge >= 0.3 is 0 Å². The van der Waals surface area contributed by atoms with Crippen molar-refractivity contribution < 1.29 is 18.3 Å². The van der Waals surface area contributed by atoms with Crippen LogP contribution >= 0.6 is 0 Å². The van der Waals surface area contributed by atoms with Crippen molar-refractivity contribution in [2.24, 2.45) is 0 Å². The second-order valence-electron chi connectivity index (χ2n) is 7.47. The monoisotopic (exact) mass is 387 g/mol. The number of halogens is 2. The van der Waals surface area contributed by atoms with E-state index in [-0.39, 0.29) is 23.0 Å². The molecule has 3 rings (SSSR count). The molecule has 0 atom stereocenters. The van der Waals surface area contributed by atoms with Gasteiger partial charge in [0, 0.05) is 25.1 Å². The van der Waals surface area contributed by atoms with E-state index in [9.17, 15) is 13.6 Å². The van der Waals surface area contributed by atoms with E-state index in [1.165, 1.54) is 36.4 Å². The van der Waals surface area contributed by atoms with Crippen molar-refractivity contribution in [2.75, 3.05) is 13.7 Å². The minimum absolute atomic E-state index is 0.0418. The first-order valence-electron chi connectivity index (χ1n) is 9.86. The highest BCUT2D eigenvalue weighted by atomic mass is 19.1. The van der Waals surface area contributed by atoms with E-state index >= 15 is 0 Å². The van der Waals surface area contributed by atoms with E-state index in [0.717, 1.165) is 44.2 Å². The number of ether oxygens (including phenoxy) is 1. The van der Waals surface area contributed by atoms with Crippen molar-refractivity contribution in [1.29, 1.82) is 0 Å². The molecule has 1 aliphatic carbocycles. The van der Waals surface area contributed by atoms with Crippen LogP contribution in [-0.4, -0.2) is 25.5 Å². The Labute approximate surface area is 165 Å². The number of Topliss-reactive ketones (excluding diaryl/α,β-unsaturated/α-hetero) is 1. The van der Waals surface area contributed by atoms with E-state index in [2.05, 4.69) is 5.32 Å². The number of carbonyl (C=O) groups is 1. The van der Waals surface area contributed by atoms with E-state index in [0.29, 0.717) is 18.0 Å². The Morgan fingerprint density at radius 3 is 2.18 bits per heavy atom. The summed E-state index contributed by atoms with van der Waals surface area (Å²) >= 11 is 0. The third-order valence-electron chi connectivity index (χ3n) is 5.73. The molecule has 3 nitrogen and oxygen atoms in total. The van der Waals surface area contributed by atoms with Gasteiger partial charge in [0.25, 0.3) is 0 Å². The molecule has 0 radical (unpaired) electrons. The van der Waals surface area contributed by atoms with Gasteiger partial charge in [0.1, 0.15) is 11.6 Å². The number of carbonyl (C=O) groups excluding carboxylic acids is 1. The lowest BCUT2D eigenvalue weighted by Gasteiger charge is -2.40. The summed E-state index contributed by atoms with van der Waals surface area (Å²) in [6.07, 6.45) is 4.89. The van der Waals surface area contributed by atoms with Crippen molar-refractivity contribution in [3.63, 3.8) is 0 Å². The predicted octanol–water partition coefficient (Wildman–Crippen LogP) is 5.00. The van der Waals surface area contributed by atoms with E-state index in [1.54, 1.807) is 7.11 Å². The Morgan fingerprint density at radius 1 is 1.04 bits per heavy atom. The Hall–Kier alpha value is -2.11. The van der Waals surface area contributed by atoms with Gasteiger partial charge in [0.2, 0.25) is 0 Å². The van der Waals surface area contributed by atoms with Gasteiger partial charge in [0.15, 0.2) is 5.78 Å². The fourth-order valence-electron chi connectivity index (χ4n) is 3.99. The van der Waals surface area contributed by atoms with Crippen LogP contribution in [0.15, 0.2) is 48.5 Å². The minimum Gasteiger partial charge on any atom is -0.374 e. The number of ketones is 1. The average Bonchev–Trinajstić information content (AvgIpc) is 2.72. The maximum Gasteiger partial charge on any atom is 0.162 e. The SMILES string of the molecule is COC1(c2ccc(F)cc2)CCC(NCCCC(=O)c2ccc(F)cc2)CC1. The molecule has 5 heteroatoms. The Balaban J connectivity index is 1.42. The highest BCUT2D eigenvalue weighted by Gasteiger charge is 2.36. The molecular formula is C23H27F2NO2. The lowest BCUT2D eigenvalue weighted by Crippen LogP contribution is -2.41. The van der Waals surface area contributed by atoms with Crippen LogP contribution in [0.1, 0.15) is 54.4 Å². The van der Waals surface area contributed by atoms with E-state index < -0.39 is 0 Å². The molecule has 0 aromatic heterocycles. The molecule has 0 aliphatic heterocycles. The summed E-state index contributed by atoms with van der Waals surface area (Å²) in [6.45, 7) is 0.772. The number of methoxy groups -OCH3 is 1. The van der Waals surface area contributed by atoms with Crippen LogP contribution < -0.4 is 5.32 Å². The maximum atomic E-state index is 13.2. The predicted molar refractivity (Wildman–Crippen MR) is 105 cm³/mol. The number of benzene rings is 2. The van der Waals surface area contributed by atoms with Gasteiger partial charge in [-0.1, -0.05) is 12.1 Å². The Bertz CT molecular complexity index is 766. The standard InChI is InChI=1S/C23H27F2NO2/c1-28-23(18-6-10-20(25)11-7-18)14-12-21(13-15-23)26-16-2-3-22(27)17-4-8-19(24)9-5-17/h4-11,21,26H,2-3,12-16H2,1H3. The van der Waals surface area contributed by atoms with Crippen molar-refractivity contribution in [2.45, 2.75) is 50.2 Å². The van der Waals surface area contributed by atoms with E-state index in [4.69, 9.17) is 4.74 Å². The van der Waals surface area contributed by atoms with Crippen LogP contribution in [0.3, 0.4) is 0 Å². The normalized spacial score (nSPS) is 22.2. The summed E-state index contributed by atoms with van der Waals surface area (Å²) in [6, 6.07) is 12.7. The maximum absolute atomic E-state index is 13.2. The first kappa shape index (κ1) is 20.6. The summed E-state index contributed by atoms with van der Waals surface area (Å²) in [5.74, 6) is -0.524. The minimum atomic E-state index is -0.343. The van der Waals surface area contributed by atoms with Crippen molar-refractivity contribution in [1.82, 2.24) is 5.32 Å². The zero-order valence-electron chi connectivity index (χ0n) is 16.2. The highest BCUT2D eigenvalue weighted by molar-refractivity contribution is 5.95. The fraction of sp³-hybridized carbons (Fsp3) is 0.435. The first-order valence-corrected chi connectivity index (χ1v) is 9.86. The van der Waals surface area contributed by atoms with Crippen LogP contribution in [0, 0.1) is 11.6 Å². The summed E-state index contributed by atoms with van der Waals surface area (Å²) in [7, 11) is 1.72. The third kappa shape index (κ3) is 5.03. The molecule has 0 saturated heterocycles. The number of rotatable bonds is 8. The molecule has 2 aromatic carbocycles. The molecule has 2 aromatic rings. The number of hydrogen-bond acceptors (Lipinski definition) is 3. The summed E-state index contributed by atoms with van der Waals surface area (Å²) < 4.78 is 32.0. The van der Waals surface area contributed by atoms with Gasteiger partial charge in [-0.2, -0.15) is 0 Å². The Kier molecular flexibility index (Phi) is 6.92. The van der Waals surface area contributed by atoms with Crippen LogP contribution in [0.5, 0.6) is 0 Å². The molecule has 0 heterocycles. The lowest BCUT2D eigenvalue weighted by atomic mass is 9.77. The molecule has 1 fully saturated rings. The lowest BCUT2D eigenvalue weighted by molar-refractivity contribution is -0.0500. The molecule has 28 heavy (non-hydrogen) atoms. The molecular weight excluding hydrogens is 360 g/mol. The third-order valence-corrected chi connectivity index (χ3v) is 5.73. The van der Waals surface area contributed by atoms with E-state index in [1.807, 2.05) is 12.1 Å². The van der Waals surface area contributed by atoms with Crippen LogP contribution in [-0.2, 0) is 10.3 Å². The fourth-order valence-corrected chi connectivity index (χ4v) is 3.99. The van der Waals surface area contributed by atoms with Crippen LogP contribution in [0.4, 0.5) is 8.78 Å². The topological polar surface area (TPSA) is 38.3 Å².